The molecule has 0 aromatic carbocycles. The Labute approximate surface area is 231 Å². The van der Waals surface area contributed by atoms with Gasteiger partial charge in [0.25, 0.3) is 0 Å². The molecule has 0 bridgehead atoms. The molecule has 8 heteroatoms. The molecule has 1 unspecified atom stereocenters. The van der Waals surface area contributed by atoms with E-state index in [1.165, 1.54) is 0 Å². The van der Waals surface area contributed by atoms with Gasteiger partial charge in [-0.2, -0.15) is 5.92 Å². The first-order chi connectivity index (χ1) is 5.65. The molecular weight excluding hydrogens is 970 g/mol. The Hall–Kier alpha value is 5.30. The molecule has 4 atom stereocenters. The predicted molar refractivity (Wildman–Crippen MR) is 48.3 cm³/mol. The van der Waals surface area contributed by atoms with Gasteiger partial charge in [0.15, 0.2) is 0 Å². The van der Waals surface area contributed by atoms with Crippen molar-refractivity contribution in [2.75, 3.05) is 6.61 Å². The van der Waals surface area contributed by atoms with E-state index >= 15 is 0 Å². The van der Waals surface area contributed by atoms with Crippen molar-refractivity contribution in [3.8, 4) is 0 Å². The molecule has 0 N–H and O–H groups in total. The van der Waals surface area contributed by atoms with Crippen LogP contribution in [0.5, 0.6) is 0 Å². The minimum atomic E-state index is -0.149. The second-order valence-corrected chi connectivity index (χ2v) is 3.41. The summed E-state index contributed by atoms with van der Waals surface area (Å²) in [5.41, 5.74) is 0. The fourth-order valence-electron chi connectivity index (χ4n) is 1.36. The SMILES string of the molecule is [CH2-]C1O[C@@H](OCC)[CH-][C@@H](C)[C@H]1C.[W].[W].[W].[Y].[Y].[Y]. The van der Waals surface area contributed by atoms with Gasteiger partial charge in [-0.05, 0) is 6.92 Å². The molecule has 1 fully saturated rings. The fraction of sp³-hybridized carbons (Fsp3) is 0.800. The minimum absolute atomic E-state index is 0. The van der Waals surface area contributed by atoms with Gasteiger partial charge in [-0.1, -0.05) is 25.9 Å². The zero-order chi connectivity index (χ0) is 9.14. The van der Waals surface area contributed by atoms with E-state index in [0.29, 0.717) is 18.4 Å². The largest absolute Gasteiger partial charge is 0.412 e. The summed E-state index contributed by atoms with van der Waals surface area (Å²) >= 11 is 0. The molecular formula is C10H18O2W3Y3-2. The van der Waals surface area contributed by atoms with Crippen LogP contribution in [0.3, 0.4) is 0 Å². The molecule has 1 heterocycles. The first-order valence-corrected chi connectivity index (χ1v) is 4.60. The molecule has 2 nitrogen and oxygen atoms in total. The fourth-order valence-corrected chi connectivity index (χ4v) is 1.36. The maximum Gasteiger partial charge on any atom is 0.0435 e. The van der Waals surface area contributed by atoms with Crippen molar-refractivity contribution in [2.24, 2.45) is 11.8 Å². The molecule has 1 saturated heterocycles. The maximum atomic E-state index is 5.52. The molecule has 3 radical (unpaired) electrons. The average Bonchev–Trinajstić information content (AvgIpc) is 2.01. The van der Waals surface area contributed by atoms with Crippen LogP contribution in [0.2, 0.25) is 0 Å². The van der Waals surface area contributed by atoms with Crippen molar-refractivity contribution in [1.29, 1.82) is 0 Å². The van der Waals surface area contributed by atoms with Gasteiger partial charge in [0.1, 0.15) is 0 Å². The second-order valence-electron chi connectivity index (χ2n) is 3.41. The molecule has 0 aromatic rings. The second kappa shape index (κ2) is 22.3. The predicted octanol–water partition coefficient (Wildman–Crippen LogP) is 2.04. The van der Waals surface area contributed by atoms with Crippen molar-refractivity contribution < 1.29 is 171 Å². The molecule has 18 heavy (non-hydrogen) atoms. The number of rotatable bonds is 2. The Bertz CT molecular complexity index is 146. The van der Waals surface area contributed by atoms with E-state index in [9.17, 15) is 0 Å². The van der Waals surface area contributed by atoms with Gasteiger partial charge in [0.05, 0.1) is 0 Å². The Morgan fingerprint density at radius 3 is 1.89 bits per heavy atom. The summed E-state index contributed by atoms with van der Waals surface area (Å²) in [5.74, 6) is 1.01. The van der Waals surface area contributed by atoms with Crippen molar-refractivity contribution in [2.45, 2.75) is 33.2 Å². The molecule has 1 aliphatic heterocycles. The minimum Gasteiger partial charge on any atom is -0.412 e. The van der Waals surface area contributed by atoms with E-state index < -0.39 is 0 Å². The number of hydrogen-bond donors (Lipinski definition) is 0. The Kier molecular flexibility index (Phi) is 48.0. The number of hydrogen-bond acceptors (Lipinski definition) is 2. The van der Waals surface area contributed by atoms with Gasteiger partial charge < -0.3 is 16.4 Å². The van der Waals surface area contributed by atoms with Crippen molar-refractivity contribution >= 4 is 0 Å². The zero-order valence-corrected chi connectivity index (χ0v) is 28.4. The summed E-state index contributed by atoms with van der Waals surface area (Å²) in [6, 6.07) is 0. The van der Waals surface area contributed by atoms with Crippen LogP contribution in [0.25, 0.3) is 0 Å². The van der Waals surface area contributed by atoms with Gasteiger partial charge in [-0.3, -0.25) is 6.42 Å². The van der Waals surface area contributed by atoms with Crippen molar-refractivity contribution in [3.05, 3.63) is 13.3 Å². The van der Waals surface area contributed by atoms with Gasteiger partial charge >= 0.3 is 0 Å². The van der Waals surface area contributed by atoms with Gasteiger partial charge in [-0.15, -0.1) is 0 Å². The molecule has 0 amide bonds. The molecule has 1 aliphatic rings. The first-order valence-electron chi connectivity index (χ1n) is 4.60. The van der Waals surface area contributed by atoms with E-state index in [-0.39, 0.29) is 174 Å². The summed E-state index contributed by atoms with van der Waals surface area (Å²) in [7, 11) is 0. The summed E-state index contributed by atoms with van der Waals surface area (Å²) in [4.78, 5) is 0. The number of ether oxygens (including phenoxy) is 2. The van der Waals surface area contributed by atoms with Crippen LogP contribution in [0.4, 0.5) is 0 Å². The Balaban J connectivity index is -0.0000000600. The molecule has 99 valence electrons. The van der Waals surface area contributed by atoms with Gasteiger partial charge in [0, 0.05) is 174 Å². The van der Waals surface area contributed by atoms with Crippen LogP contribution in [-0.4, -0.2) is 19.0 Å². The van der Waals surface area contributed by atoms with Crippen LogP contribution in [0, 0.1) is 25.2 Å². The van der Waals surface area contributed by atoms with E-state index in [1.807, 2.05) is 6.92 Å². The zero-order valence-electron chi connectivity index (χ0n) is 11.1. The van der Waals surface area contributed by atoms with Gasteiger partial charge in [-0.25, -0.2) is 0 Å². The monoisotopic (exact) mass is 989 g/mol. The molecule has 1 rings (SSSR count). The Morgan fingerprint density at radius 1 is 1.11 bits per heavy atom. The van der Waals surface area contributed by atoms with E-state index in [2.05, 4.69) is 27.2 Å². The molecule has 0 aromatic heterocycles. The molecule has 0 spiro atoms. The van der Waals surface area contributed by atoms with E-state index in [0.717, 1.165) is 0 Å². The first kappa shape index (κ1) is 38.7. The van der Waals surface area contributed by atoms with Gasteiger partial charge in [0.2, 0.25) is 0 Å². The summed E-state index contributed by atoms with van der Waals surface area (Å²) in [6.07, 6.45) is 2.01. The normalized spacial score (nSPS) is 28.7. The third-order valence-corrected chi connectivity index (χ3v) is 2.52. The molecule has 0 saturated carbocycles. The van der Waals surface area contributed by atoms with Crippen LogP contribution in [0.1, 0.15) is 20.8 Å². The molecule has 0 aliphatic carbocycles. The van der Waals surface area contributed by atoms with Crippen LogP contribution in [-0.2, 0) is 171 Å². The smallest absolute Gasteiger partial charge is 0.0435 e. The quantitative estimate of drug-likeness (QED) is 0.396. The average molecular weight is 988 g/mol. The summed E-state index contributed by atoms with van der Waals surface area (Å²) in [6.45, 7) is 10.9. The van der Waals surface area contributed by atoms with Crippen molar-refractivity contribution in [1.82, 2.24) is 0 Å². The topological polar surface area (TPSA) is 18.5 Å². The Morgan fingerprint density at radius 2 is 1.56 bits per heavy atom. The van der Waals surface area contributed by atoms with Crippen LogP contribution in [0.15, 0.2) is 0 Å². The van der Waals surface area contributed by atoms with Crippen molar-refractivity contribution in [3.63, 3.8) is 0 Å². The van der Waals surface area contributed by atoms with E-state index in [4.69, 9.17) is 9.47 Å². The summed E-state index contributed by atoms with van der Waals surface area (Å²) < 4.78 is 10.9. The van der Waals surface area contributed by atoms with Crippen LogP contribution < -0.4 is 0 Å². The van der Waals surface area contributed by atoms with E-state index in [1.54, 1.807) is 0 Å². The standard InChI is InChI=1S/C10H18O2.3W.3Y/c1-5-11-10-6-7(2)8(3)9(4)12-10;;;;;;/h6-10H,4-5H2,1-3H3;;;;;;/q-2;;;;;;/t7-,8-,9?,10-;;;;;;/m1....../s1. The summed E-state index contributed by atoms with van der Waals surface area (Å²) in [5, 5.41) is 0. The third kappa shape index (κ3) is 14.9. The maximum absolute atomic E-state index is 5.52. The third-order valence-electron chi connectivity index (χ3n) is 2.52. The van der Waals surface area contributed by atoms with Crippen LogP contribution >= 0.6 is 0 Å².